The summed E-state index contributed by atoms with van der Waals surface area (Å²) in [6.07, 6.45) is 0.676. The number of carbonyl (C=O) groups is 1. The molecule has 1 heterocycles. The Morgan fingerprint density at radius 3 is 2.56 bits per heavy atom. The van der Waals surface area contributed by atoms with Crippen LogP contribution in [0.15, 0.2) is 92.6 Å². The van der Waals surface area contributed by atoms with E-state index in [0.29, 0.717) is 23.1 Å². The van der Waals surface area contributed by atoms with E-state index in [2.05, 4.69) is 24.8 Å². The number of amides is 1. The maximum Gasteiger partial charge on any atom is 0.387 e. The molecule has 0 aliphatic heterocycles. The molecule has 1 unspecified atom stereocenters. The third-order valence-corrected chi connectivity index (χ3v) is 8.44. The summed E-state index contributed by atoms with van der Waals surface area (Å²) in [5.41, 5.74) is 1.71. The first kappa shape index (κ1) is 31.9. The lowest BCUT2D eigenvalue weighted by Gasteiger charge is -2.17. The van der Waals surface area contributed by atoms with Crippen LogP contribution in [-0.2, 0) is 20.6 Å². The number of aliphatic hydroxyl groups excluding tert-OH is 1. The van der Waals surface area contributed by atoms with Crippen LogP contribution >= 0.6 is 11.8 Å². The maximum atomic E-state index is 13.0. The first-order chi connectivity index (χ1) is 20.7. The number of alkyl halides is 2. The van der Waals surface area contributed by atoms with E-state index in [-0.39, 0.29) is 41.0 Å². The lowest BCUT2D eigenvalue weighted by atomic mass is 10.2. The Bertz CT molecular complexity index is 1590. The van der Waals surface area contributed by atoms with Crippen molar-refractivity contribution in [3.8, 4) is 5.75 Å². The molecule has 0 saturated carbocycles. The predicted octanol–water partition coefficient (Wildman–Crippen LogP) is 4.67. The van der Waals surface area contributed by atoms with Crippen LogP contribution in [-0.4, -0.2) is 55.7 Å². The highest BCUT2D eigenvalue weighted by molar-refractivity contribution is 7.98. The van der Waals surface area contributed by atoms with E-state index in [9.17, 15) is 27.1 Å². The summed E-state index contributed by atoms with van der Waals surface area (Å²) >= 11 is 1.26. The number of thioether (sulfide) groups is 1. The first-order valence-corrected chi connectivity index (χ1v) is 15.8. The van der Waals surface area contributed by atoms with E-state index >= 15 is 0 Å². The van der Waals surface area contributed by atoms with Crippen LogP contribution in [0.2, 0.25) is 0 Å². The molecule has 0 aliphatic rings. The molecule has 0 aliphatic carbocycles. The van der Waals surface area contributed by atoms with Crippen LogP contribution in [0, 0.1) is 0 Å². The SMILES string of the molecule is O=C(NCCCC(O)c1nc2ccccc2o1)[C@H](CSCc1ccccc1OC(F)F)NC=NS(=O)(=O)c1ccccc1. The zero-order valence-corrected chi connectivity index (χ0v) is 24.4. The summed E-state index contributed by atoms with van der Waals surface area (Å²) in [4.78, 5) is 17.3. The largest absolute Gasteiger partial charge is 0.438 e. The normalized spacial score (nSPS) is 13.3. The number of oxazole rings is 1. The minimum absolute atomic E-state index is 0.00318. The van der Waals surface area contributed by atoms with E-state index < -0.39 is 34.7 Å². The van der Waals surface area contributed by atoms with Gasteiger partial charge in [-0.15, -0.1) is 4.40 Å². The average molecular weight is 633 g/mol. The quantitative estimate of drug-likeness (QED) is 0.0913. The monoisotopic (exact) mass is 632 g/mol. The summed E-state index contributed by atoms with van der Waals surface area (Å²) in [6.45, 7) is -2.76. The predicted molar refractivity (Wildman–Crippen MR) is 159 cm³/mol. The first-order valence-electron chi connectivity index (χ1n) is 13.2. The molecule has 4 rings (SSSR count). The van der Waals surface area contributed by atoms with E-state index in [1.54, 1.807) is 54.6 Å². The van der Waals surface area contributed by atoms with Crippen LogP contribution in [0.1, 0.15) is 30.4 Å². The summed E-state index contributed by atoms with van der Waals surface area (Å²) < 4.78 is 64.3. The number of nitrogens with one attached hydrogen (secondary N) is 2. The average Bonchev–Trinajstić information content (AvgIpc) is 3.44. The van der Waals surface area contributed by atoms with Gasteiger partial charge in [-0.1, -0.05) is 48.5 Å². The standard InChI is InChI=1S/C29H30F2N4O6S2/c30-29(31)41-25-14-6-4-9-20(25)17-42-18-23(33-19-34-43(38,39)21-10-2-1-3-11-21)27(37)32-16-8-13-24(36)28-35-22-12-5-7-15-26(22)40-28/h1-7,9-12,14-15,19,23-24,29,36H,8,13,16-18H2,(H,32,37)(H,33,34)/t23-,24?/m0/s1. The number of rotatable bonds is 16. The molecular formula is C29H30F2N4O6S2. The molecule has 0 spiro atoms. The molecule has 1 amide bonds. The van der Waals surface area contributed by atoms with Crippen molar-refractivity contribution in [3.05, 3.63) is 90.3 Å². The van der Waals surface area contributed by atoms with Gasteiger partial charge in [0.2, 0.25) is 11.8 Å². The number of hydrogen-bond acceptors (Lipinski definition) is 8. The lowest BCUT2D eigenvalue weighted by Crippen LogP contribution is -2.45. The fourth-order valence-corrected chi connectivity index (χ4v) is 5.83. The van der Waals surface area contributed by atoms with Gasteiger partial charge in [0.05, 0.1) is 4.90 Å². The lowest BCUT2D eigenvalue weighted by molar-refractivity contribution is -0.122. The van der Waals surface area contributed by atoms with Gasteiger partial charge < -0.3 is 24.9 Å². The number of fused-ring (bicyclic) bond motifs is 1. The van der Waals surface area contributed by atoms with Crippen molar-refractivity contribution in [2.45, 2.75) is 42.2 Å². The van der Waals surface area contributed by atoms with Crippen LogP contribution in [0.4, 0.5) is 8.78 Å². The molecule has 228 valence electrons. The number of aliphatic hydroxyl groups is 1. The van der Waals surface area contributed by atoms with Gasteiger partial charge in [0.15, 0.2) is 5.58 Å². The highest BCUT2D eigenvalue weighted by atomic mass is 32.2. The van der Waals surface area contributed by atoms with E-state index in [1.807, 2.05) is 6.07 Å². The third kappa shape index (κ3) is 9.49. The molecule has 3 aromatic carbocycles. The van der Waals surface area contributed by atoms with Gasteiger partial charge in [0.1, 0.15) is 29.8 Å². The van der Waals surface area contributed by atoms with Gasteiger partial charge in [-0.2, -0.15) is 29.0 Å². The Morgan fingerprint density at radius 1 is 1.07 bits per heavy atom. The van der Waals surface area contributed by atoms with Crippen LogP contribution in [0.25, 0.3) is 11.1 Å². The van der Waals surface area contributed by atoms with Crippen molar-refractivity contribution in [1.82, 2.24) is 15.6 Å². The summed E-state index contributed by atoms with van der Waals surface area (Å²) in [5, 5.41) is 16.0. The Kier molecular flexibility index (Phi) is 11.5. The van der Waals surface area contributed by atoms with Gasteiger partial charge in [0, 0.05) is 23.6 Å². The fourth-order valence-electron chi connectivity index (χ4n) is 3.95. The molecule has 0 radical (unpaired) electrons. The number of halogens is 2. The Hall–Kier alpha value is -4.01. The van der Waals surface area contributed by atoms with Crippen LogP contribution in [0.3, 0.4) is 0 Å². The van der Waals surface area contributed by atoms with Gasteiger partial charge in [-0.3, -0.25) is 4.79 Å². The second kappa shape index (κ2) is 15.5. The second-order valence-electron chi connectivity index (χ2n) is 9.21. The molecule has 0 saturated heterocycles. The molecule has 1 aromatic heterocycles. The molecule has 4 aromatic rings. The van der Waals surface area contributed by atoms with Crippen molar-refractivity contribution >= 4 is 45.1 Å². The number of sulfonamides is 1. The van der Waals surface area contributed by atoms with Crippen molar-refractivity contribution in [2.24, 2.45) is 4.40 Å². The molecule has 43 heavy (non-hydrogen) atoms. The number of benzene rings is 3. The Morgan fingerprint density at radius 2 is 1.79 bits per heavy atom. The minimum atomic E-state index is -3.99. The number of para-hydroxylation sites is 3. The molecule has 10 nitrogen and oxygen atoms in total. The van der Waals surface area contributed by atoms with Crippen molar-refractivity contribution in [2.75, 3.05) is 12.3 Å². The highest BCUT2D eigenvalue weighted by Crippen LogP contribution is 2.25. The van der Waals surface area contributed by atoms with Gasteiger partial charge >= 0.3 is 6.61 Å². The number of hydrogen-bond donors (Lipinski definition) is 3. The molecule has 2 atom stereocenters. The topological polar surface area (TPSA) is 143 Å². The number of aromatic nitrogens is 1. The van der Waals surface area contributed by atoms with Crippen molar-refractivity contribution < 1.29 is 36.3 Å². The van der Waals surface area contributed by atoms with Gasteiger partial charge in [0.25, 0.3) is 10.0 Å². The zero-order valence-electron chi connectivity index (χ0n) is 22.8. The smallest absolute Gasteiger partial charge is 0.387 e. The Labute approximate surface area is 251 Å². The third-order valence-electron chi connectivity index (χ3n) is 6.10. The Balaban J connectivity index is 1.34. The second-order valence-corrected chi connectivity index (χ2v) is 11.9. The maximum absolute atomic E-state index is 13.0. The molecular weight excluding hydrogens is 602 g/mol. The minimum Gasteiger partial charge on any atom is -0.438 e. The molecule has 0 fully saturated rings. The zero-order chi connectivity index (χ0) is 30.7. The van der Waals surface area contributed by atoms with Crippen molar-refractivity contribution in [3.63, 3.8) is 0 Å². The van der Waals surface area contributed by atoms with E-state index in [0.717, 1.165) is 6.34 Å². The van der Waals surface area contributed by atoms with E-state index in [1.165, 1.54) is 30.0 Å². The fraction of sp³-hybridized carbons (Fsp3) is 0.276. The highest BCUT2D eigenvalue weighted by Gasteiger charge is 2.20. The van der Waals surface area contributed by atoms with Gasteiger partial charge in [-0.25, -0.2) is 4.98 Å². The van der Waals surface area contributed by atoms with Crippen molar-refractivity contribution in [1.29, 1.82) is 0 Å². The number of carbonyl (C=O) groups excluding carboxylic acids is 1. The van der Waals surface area contributed by atoms with E-state index in [4.69, 9.17) is 4.42 Å². The number of ether oxygens (including phenoxy) is 1. The van der Waals surface area contributed by atoms with Crippen LogP contribution < -0.4 is 15.4 Å². The van der Waals surface area contributed by atoms with Gasteiger partial charge in [-0.05, 0) is 43.2 Å². The molecule has 14 heteroatoms. The summed E-state index contributed by atoms with van der Waals surface area (Å²) in [6, 6.07) is 20.2. The molecule has 0 bridgehead atoms. The summed E-state index contributed by atoms with van der Waals surface area (Å²) in [5.74, 6) is 0.189. The molecule has 3 N–H and O–H groups in total. The summed E-state index contributed by atoms with van der Waals surface area (Å²) in [7, 11) is -3.99. The van der Waals surface area contributed by atoms with Crippen LogP contribution in [0.5, 0.6) is 5.75 Å². The number of nitrogens with zero attached hydrogens (tertiary/aromatic N) is 2.